The molecule has 0 aliphatic rings. The first kappa shape index (κ1) is 15.1. The fraction of sp³-hybridized carbons (Fsp3) is 0.231. The standard InChI is InChI=1S/C13H12Cl2N2O2S/c1-19-12-10(15)3-2-9(14)11(12)13(18)17-5-4-8-6-16-7-20-8/h2-3,6-7H,4-5H2,1H3,(H,17,18). The van der Waals surface area contributed by atoms with Gasteiger partial charge in [0.15, 0.2) is 5.75 Å². The van der Waals surface area contributed by atoms with Crippen molar-refractivity contribution >= 4 is 40.4 Å². The van der Waals surface area contributed by atoms with Crippen molar-refractivity contribution in [2.75, 3.05) is 13.7 Å². The number of thiazole rings is 1. The lowest BCUT2D eigenvalue weighted by molar-refractivity contribution is 0.0951. The predicted molar refractivity (Wildman–Crippen MR) is 81.2 cm³/mol. The van der Waals surface area contributed by atoms with Crippen LogP contribution in [-0.2, 0) is 6.42 Å². The number of halogens is 2. The minimum Gasteiger partial charge on any atom is -0.494 e. The van der Waals surface area contributed by atoms with E-state index in [1.165, 1.54) is 7.11 Å². The van der Waals surface area contributed by atoms with Gasteiger partial charge in [0.2, 0.25) is 0 Å². The monoisotopic (exact) mass is 330 g/mol. The highest BCUT2D eigenvalue weighted by atomic mass is 35.5. The highest BCUT2D eigenvalue weighted by molar-refractivity contribution is 7.09. The summed E-state index contributed by atoms with van der Waals surface area (Å²) in [7, 11) is 1.45. The first-order chi connectivity index (χ1) is 9.63. The zero-order valence-electron chi connectivity index (χ0n) is 10.7. The van der Waals surface area contributed by atoms with E-state index in [2.05, 4.69) is 10.3 Å². The second kappa shape index (κ2) is 6.92. The van der Waals surface area contributed by atoms with Crippen molar-refractivity contribution in [2.24, 2.45) is 0 Å². The lowest BCUT2D eigenvalue weighted by atomic mass is 10.2. The number of ether oxygens (including phenoxy) is 1. The highest BCUT2D eigenvalue weighted by Gasteiger charge is 2.19. The summed E-state index contributed by atoms with van der Waals surface area (Å²) < 4.78 is 5.15. The Bertz CT molecular complexity index is 603. The van der Waals surface area contributed by atoms with Crippen molar-refractivity contribution in [3.63, 3.8) is 0 Å². The van der Waals surface area contributed by atoms with Crippen molar-refractivity contribution in [3.8, 4) is 5.75 Å². The summed E-state index contributed by atoms with van der Waals surface area (Å²) in [6, 6.07) is 3.17. The van der Waals surface area contributed by atoms with Crippen molar-refractivity contribution < 1.29 is 9.53 Å². The number of amides is 1. The molecule has 0 atom stereocenters. The topological polar surface area (TPSA) is 51.2 Å². The quantitative estimate of drug-likeness (QED) is 0.913. The number of methoxy groups -OCH3 is 1. The fourth-order valence-electron chi connectivity index (χ4n) is 1.70. The third kappa shape index (κ3) is 3.42. The minimum absolute atomic E-state index is 0.256. The maximum absolute atomic E-state index is 12.2. The molecule has 4 nitrogen and oxygen atoms in total. The number of benzene rings is 1. The number of carbonyl (C=O) groups is 1. The molecule has 1 aromatic carbocycles. The number of rotatable bonds is 5. The number of nitrogens with one attached hydrogen (secondary N) is 1. The van der Waals surface area contributed by atoms with Gasteiger partial charge in [0.25, 0.3) is 5.91 Å². The van der Waals surface area contributed by atoms with Crippen LogP contribution in [0.1, 0.15) is 15.2 Å². The normalized spacial score (nSPS) is 10.3. The molecule has 2 aromatic rings. The van der Waals surface area contributed by atoms with Gasteiger partial charge in [-0.3, -0.25) is 9.78 Å². The Kier molecular flexibility index (Phi) is 5.23. The predicted octanol–water partition coefficient (Wildman–Crippen LogP) is 3.43. The van der Waals surface area contributed by atoms with E-state index < -0.39 is 0 Å². The van der Waals surface area contributed by atoms with Gasteiger partial charge in [-0.2, -0.15) is 0 Å². The lowest BCUT2D eigenvalue weighted by Crippen LogP contribution is -2.26. The van der Waals surface area contributed by atoms with Crippen LogP contribution in [-0.4, -0.2) is 24.5 Å². The van der Waals surface area contributed by atoms with Gasteiger partial charge in [0.05, 0.1) is 22.7 Å². The average Bonchev–Trinajstić information content (AvgIpc) is 2.94. The van der Waals surface area contributed by atoms with Crippen LogP contribution < -0.4 is 10.1 Å². The first-order valence-corrected chi connectivity index (χ1v) is 7.44. The van der Waals surface area contributed by atoms with E-state index in [0.29, 0.717) is 16.6 Å². The van der Waals surface area contributed by atoms with Crippen LogP contribution in [0.4, 0.5) is 0 Å². The van der Waals surface area contributed by atoms with Crippen LogP contribution in [0, 0.1) is 0 Å². The zero-order chi connectivity index (χ0) is 14.5. The molecule has 0 saturated heterocycles. The minimum atomic E-state index is -0.307. The van der Waals surface area contributed by atoms with Gasteiger partial charge in [0.1, 0.15) is 5.56 Å². The molecule has 1 heterocycles. The zero-order valence-corrected chi connectivity index (χ0v) is 13.0. The van der Waals surface area contributed by atoms with Crippen LogP contribution in [0.25, 0.3) is 0 Å². The molecular weight excluding hydrogens is 319 g/mol. The van der Waals surface area contributed by atoms with Crippen LogP contribution in [0.3, 0.4) is 0 Å². The maximum Gasteiger partial charge on any atom is 0.256 e. The summed E-state index contributed by atoms with van der Waals surface area (Å²) >= 11 is 13.6. The van der Waals surface area contributed by atoms with Gasteiger partial charge in [-0.05, 0) is 12.1 Å². The van der Waals surface area contributed by atoms with E-state index in [9.17, 15) is 4.79 Å². The summed E-state index contributed by atoms with van der Waals surface area (Å²) in [5, 5.41) is 3.46. The highest BCUT2D eigenvalue weighted by Crippen LogP contribution is 2.33. The average molecular weight is 331 g/mol. The van der Waals surface area contributed by atoms with E-state index in [-0.39, 0.29) is 17.2 Å². The molecule has 0 fully saturated rings. The summed E-state index contributed by atoms with van der Waals surface area (Å²) in [5.41, 5.74) is 2.01. The summed E-state index contributed by atoms with van der Waals surface area (Å²) in [5.74, 6) is -0.0201. The molecule has 7 heteroatoms. The van der Waals surface area contributed by atoms with Crippen molar-refractivity contribution in [1.29, 1.82) is 0 Å². The third-order valence-electron chi connectivity index (χ3n) is 2.63. The van der Waals surface area contributed by atoms with Gasteiger partial charge in [-0.1, -0.05) is 23.2 Å². The largest absolute Gasteiger partial charge is 0.494 e. The summed E-state index contributed by atoms with van der Waals surface area (Å²) in [6.07, 6.45) is 2.50. The van der Waals surface area contributed by atoms with Crippen LogP contribution >= 0.6 is 34.5 Å². The second-order valence-electron chi connectivity index (χ2n) is 3.91. The Balaban J connectivity index is 2.07. The Hall–Kier alpha value is -1.30. The molecule has 0 saturated carbocycles. The summed E-state index contributed by atoms with van der Waals surface area (Å²) in [6.45, 7) is 0.493. The number of carbonyl (C=O) groups excluding carboxylic acids is 1. The van der Waals surface area contributed by atoms with Crippen LogP contribution in [0.15, 0.2) is 23.8 Å². The molecule has 106 valence electrons. The third-order valence-corrected chi connectivity index (χ3v) is 4.08. The van der Waals surface area contributed by atoms with E-state index in [0.717, 1.165) is 11.3 Å². The van der Waals surface area contributed by atoms with Gasteiger partial charge in [0, 0.05) is 24.0 Å². The number of nitrogens with zero attached hydrogens (tertiary/aromatic N) is 1. The van der Waals surface area contributed by atoms with E-state index in [4.69, 9.17) is 27.9 Å². The molecule has 0 bridgehead atoms. The Labute approximate surface area is 130 Å². The van der Waals surface area contributed by atoms with Gasteiger partial charge in [-0.15, -0.1) is 11.3 Å². The fourth-order valence-corrected chi connectivity index (χ4v) is 2.77. The molecule has 1 amide bonds. The van der Waals surface area contributed by atoms with Gasteiger partial charge in [-0.25, -0.2) is 0 Å². The van der Waals surface area contributed by atoms with Crippen molar-refractivity contribution in [2.45, 2.75) is 6.42 Å². The molecule has 20 heavy (non-hydrogen) atoms. The second-order valence-corrected chi connectivity index (χ2v) is 5.70. The SMILES string of the molecule is COc1c(Cl)ccc(Cl)c1C(=O)NCCc1cncs1. The van der Waals surface area contributed by atoms with Crippen LogP contribution in [0.5, 0.6) is 5.75 Å². The molecule has 1 aromatic heterocycles. The lowest BCUT2D eigenvalue weighted by Gasteiger charge is -2.12. The van der Waals surface area contributed by atoms with Gasteiger partial charge < -0.3 is 10.1 Å². The maximum atomic E-state index is 12.2. The molecular formula is C13H12Cl2N2O2S. The number of hydrogen-bond acceptors (Lipinski definition) is 4. The van der Waals surface area contributed by atoms with Crippen molar-refractivity contribution in [3.05, 3.63) is 44.3 Å². The summed E-state index contributed by atoms with van der Waals surface area (Å²) in [4.78, 5) is 17.3. The molecule has 1 N–H and O–H groups in total. The van der Waals surface area contributed by atoms with Crippen LogP contribution in [0.2, 0.25) is 10.0 Å². The smallest absolute Gasteiger partial charge is 0.256 e. The molecule has 0 unspecified atom stereocenters. The van der Waals surface area contributed by atoms with Crippen molar-refractivity contribution in [1.82, 2.24) is 10.3 Å². The molecule has 0 aliphatic heterocycles. The number of hydrogen-bond donors (Lipinski definition) is 1. The molecule has 0 aliphatic carbocycles. The van der Waals surface area contributed by atoms with E-state index in [1.54, 1.807) is 35.2 Å². The number of aromatic nitrogens is 1. The Morgan fingerprint density at radius 1 is 1.40 bits per heavy atom. The molecule has 2 rings (SSSR count). The molecule has 0 radical (unpaired) electrons. The Morgan fingerprint density at radius 2 is 2.15 bits per heavy atom. The Morgan fingerprint density at radius 3 is 2.80 bits per heavy atom. The molecule has 0 spiro atoms. The van der Waals surface area contributed by atoms with E-state index in [1.807, 2.05) is 0 Å². The van der Waals surface area contributed by atoms with Gasteiger partial charge >= 0.3 is 0 Å². The first-order valence-electron chi connectivity index (χ1n) is 5.81. The van der Waals surface area contributed by atoms with E-state index >= 15 is 0 Å².